The standard InChI is InChI=1S/C19H22F3N3O2/c20-19(21,22)13-27-12-14-6-8-15(9-7-14)18(26)24-17-10-11-23-25(17)16-4-2-1-3-5-16/h6-11,16H,1-5,12-13H2,(H,24,26). The molecule has 1 amide bonds. The predicted molar refractivity (Wildman–Crippen MR) is 94.5 cm³/mol. The van der Waals surface area contributed by atoms with Gasteiger partial charge in [0.2, 0.25) is 0 Å². The largest absolute Gasteiger partial charge is 0.411 e. The molecule has 2 aromatic rings. The van der Waals surface area contributed by atoms with Crippen molar-refractivity contribution < 1.29 is 22.7 Å². The lowest BCUT2D eigenvalue weighted by molar-refractivity contribution is -0.176. The van der Waals surface area contributed by atoms with E-state index in [0.29, 0.717) is 23.0 Å². The molecule has 0 bridgehead atoms. The first kappa shape index (κ1) is 19.4. The summed E-state index contributed by atoms with van der Waals surface area (Å²) < 4.78 is 42.8. The van der Waals surface area contributed by atoms with Crippen molar-refractivity contribution in [1.82, 2.24) is 9.78 Å². The Bertz CT molecular complexity index is 750. The van der Waals surface area contributed by atoms with E-state index in [-0.39, 0.29) is 12.5 Å². The van der Waals surface area contributed by atoms with Gasteiger partial charge in [-0.1, -0.05) is 31.4 Å². The third-order valence-electron chi connectivity index (χ3n) is 4.58. The Morgan fingerprint density at radius 2 is 1.85 bits per heavy atom. The summed E-state index contributed by atoms with van der Waals surface area (Å²) in [7, 11) is 0. The molecule has 8 heteroatoms. The highest BCUT2D eigenvalue weighted by Crippen LogP contribution is 2.30. The van der Waals surface area contributed by atoms with Gasteiger partial charge in [-0.3, -0.25) is 4.79 Å². The Morgan fingerprint density at radius 3 is 2.52 bits per heavy atom. The summed E-state index contributed by atoms with van der Waals surface area (Å²) in [5.74, 6) is 0.375. The zero-order valence-electron chi connectivity index (χ0n) is 14.8. The van der Waals surface area contributed by atoms with E-state index in [1.165, 1.54) is 6.42 Å². The summed E-state index contributed by atoms with van der Waals surface area (Å²) >= 11 is 0. The van der Waals surface area contributed by atoms with Crippen LogP contribution in [-0.2, 0) is 11.3 Å². The molecular formula is C19H22F3N3O2. The molecule has 1 aliphatic rings. The zero-order valence-corrected chi connectivity index (χ0v) is 14.8. The number of carbonyl (C=O) groups excluding carboxylic acids is 1. The molecule has 1 fully saturated rings. The predicted octanol–water partition coefficient (Wildman–Crippen LogP) is 4.72. The summed E-state index contributed by atoms with van der Waals surface area (Å²) in [6.07, 6.45) is 2.99. The number of benzene rings is 1. The van der Waals surface area contributed by atoms with Crippen LogP contribution in [0.15, 0.2) is 36.5 Å². The van der Waals surface area contributed by atoms with E-state index in [9.17, 15) is 18.0 Å². The van der Waals surface area contributed by atoms with Crippen LogP contribution in [0.25, 0.3) is 0 Å². The van der Waals surface area contributed by atoms with Gasteiger partial charge in [0.25, 0.3) is 5.91 Å². The second-order valence-corrected chi connectivity index (χ2v) is 6.71. The molecule has 1 N–H and O–H groups in total. The van der Waals surface area contributed by atoms with Crippen molar-refractivity contribution in [3.8, 4) is 0 Å². The van der Waals surface area contributed by atoms with Crippen molar-refractivity contribution in [3.05, 3.63) is 47.7 Å². The molecule has 1 heterocycles. The van der Waals surface area contributed by atoms with Gasteiger partial charge in [-0.05, 0) is 30.5 Å². The summed E-state index contributed by atoms with van der Waals surface area (Å²) in [6.45, 7) is -1.45. The summed E-state index contributed by atoms with van der Waals surface area (Å²) in [4.78, 5) is 12.5. The van der Waals surface area contributed by atoms with Crippen LogP contribution >= 0.6 is 0 Å². The fourth-order valence-corrected chi connectivity index (χ4v) is 3.26. The van der Waals surface area contributed by atoms with Crippen LogP contribution in [0.1, 0.15) is 54.1 Å². The van der Waals surface area contributed by atoms with Gasteiger partial charge in [0.05, 0.1) is 18.8 Å². The number of halogens is 3. The minimum absolute atomic E-state index is 0.157. The first-order valence-corrected chi connectivity index (χ1v) is 9.01. The van der Waals surface area contributed by atoms with Crippen LogP contribution in [0.5, 0.6) is 0 Å². The molecule has 0 atom stereocenters. The number of anilines is 1. The Hall–Kier alpha value is -2.35. The highest BCUT2D eigenvalue weighted by atomic mass is 19.4. The number of carbonyl (C=O) groups is 1. The van der Waals surface area contributed by atoms with Crippen LogP contribution in [0, 0.1) is 0 Å². The maximum atomic E-state index is 12.5. The Labute approximate surface area is 155 Å². The number of rotatable bonds is 6. The third kappa shape index (κ3) is 5.56. The number of hydrogen-bond donors (Lipinski definition) is 1. The molecule has 0 saturated heterocycles. The van der Waals surface area contributed by atoms with Gasteiger partial charge in [-0.2, -0.15) is 18.3 Å². The number of nitrogens with one attached hydrogen (secondary N) is 1. The van der Waals surface area contributed by atoms with Gasteiger partial charge >= 0.3 is 6.18 Å². The zero-order chi connectivity index (χ0) is 19.3. The molecular weight excluding hydrogens is 359 g/mol. The van der Waals surface area contributed by atoms with Crippen molar-refractivity contribution in [2.45, 2.75) is 50.9 Å². The molecule has 1 aliphatic carbocycles. The van der Waals surface area contributed by atoms with Crippen molar-refractivity contribution in [1.29, 1.82) is 0 Å². The molecule has 0 spiro atoms. The number of nitrogens with zero attached hydrogens (tertiary/aromatic N) is 2. The summed E-state index contributed by atoms with van der Waals surface area (Å²) in [5.41, 5.74) is 0.994. The Morgan fingerprint density at radius 1 is 1.15 bits per heavy atom. The fraction of sp³-hybridized carbons (Fsp3) is 0.474. The van der Waals surface area contributed by atoms with E-state index >= 15 is 0 Å². The Kier molecular flexibility index (Phi) is 6.15. The number of aromatic nitrogens is 2. The minimum Gasteiger partial charge on any atom is -0.367 e. The number of alkyl halides is 3. The lowest BCUT2D eigenvalue weighted by Gasteiger charge is -2.23. The molecule has 1 aromatic heterocycles. The molecule has 27 heavy (non-hydrogen) atoms. The molecule has 5 nitrogen and oxygen atoms in total. The van der Waals surface area contributed by atoms with Crippen molar-refractivity contribution in [2.24, 2.45) is 0 Å². The van der Waals surface area contributed by atoms with Gasteiger partial charge in [0.1, 0.15) is 12.4 Å². The molecule has 1 saturated carbocycles. The van der Waals surface area contributed by atoms with E-state index in [1.54, 1.807) is 36.5 Å². The first-order chi connectivity index (χ1) is 12.9. The number of amides is 1. The lowest BCUT2D eigenvalue weighted by Crippen LogP contribution is -2.20. The summed E-state index contributed by atoms with van der Waals surface area (Å²) in [5, 5.41) is 7.22. The smallest absolute Gasteiger partial charge is 0.367 e. The van der Waals surface area contributed by atoms with Crippen LogP contribution in [0.4, 0.5) is 19.0 Å². The summed E-state index contributed by atoms with van der Waals surface area (Å²) in [6, 6.07) is 8.39. The maximum absolute atomic E-state index is 12.5. The van der Waals surface area contributed by atoms with E-state index < -0.39 is 12.8 Å². The maximum Gasteiger partial charge on any atom is 0.411 e. The quantitative estimate of drug-likeness (QED) is 0.788. The van der Waals surface area contributed by atoms with Gasteiger partial charge < -0.3 is 10.1 Å². The lowest BCUT2D eigenvalue weighted by atomic mass is 9.96. The van der Waals surface area contributed by atoms with E-state index in [0.717, 1.165) is 25.7 Å². The van der Waals surface area contributed by atoms with Gasteiger partial charge in [-0.25, -0.2) is 4.68 Å². The highest BCUT2D eigenvalue weighted by Gasteiger charge is 2.27. The van der Waals surface area contributed by atoms with Crippen molar-refractivity contribution >= 4 is 11.7 Å². The monoisotopic (exact) mass is 381 g/mol. The van der Waals surface area contributed by atoms with Crippen molar-refractivity contribution in [2.75, 3.05) is 11.9 Å². The molecule has 0 radical (unpaired) electrons. The van der Waals surface area contributed by atoms with Crippen LogP contribution in [-0.4, -0.2) is 28.5 Å². The first-order valence-electron chi connectivity index (χ1n) is 9.01. The van der Waals surface area contributed by atoms with E-state index in [4.69, 9.17) is 0 Å². The Balaban J connectivity index is 1.58. The van der Waals surface area contributed by atoms with Gasteiger partial charge in [0.15, 0.2) is 0 Å². The van der Waals surface area contributed by atoms with E-state index in [1.807, 2.05) is 4.68 Å². The third-order valence-corrected chi connectivity index (χ3v) is 4.58. The fourth-order valence-electron chi connectivity index (χ4n) is 3.26. The normalized spacial score (nSPS) is 15.7. The van der Waals surface area contributed by atoms with Crippen LogP contribution < -0.4 is 5.32 Å². The van der Waals surface area contributed by atoms with Gasteiger partial charge in [-0.15, -0.1) is 0 Å². The molecule has 0 unspecified atom stereocenters. The second kappa shape index (κ2) is 8.56. The average Bonchev–Trinajstić information content (AvgIpc) is 3.10. The van der Waals surface area contributed by atoms with Crippen LogP contribution in [0.3, 0.4) is 0 Å². The van der Waals surface area contributed by atoms with E-state index in [2.05, 4.69) is 15.2 Å². The van der Waals surface area contributed by atoms with Crippen LogP contribution in [0.2, 0.25) is 0 Å². The number of hydrogen-bond acceptors (Lipinski definition) is 3. The molecule has 0 aliphatic heterocycles. The number of ether oxygens (including phenoxy) is 1. The molecule has 1 aromatic carbocycles. The molecule has 146 valence electrons. The van der Waals surface area contributed by atoms with Gasteiger partial charge in [0, 0.05) is 11.6 Å². The highest BCUT2D eigenvalue weighted by molar-refractivity contribution is 6.03. The average molecular weight is 381 g/mol. The molecule has 3 rings (SSSR count). The topological polar surface area (TPSA) is 56.2 Å². The minimum atomic E-state index is -4.35. The SMILES string of the molecule is O=C(Nc1ccnn1C1CCCCC1)c1ccc(COCC(F)(F)F)cc1. The second-order valence-electron chi connectivity index (χ2n) is 6.71. The van der Waals surface area contributed by atoms with Crippen molar-refractivity contribution in [3.63, 3.8) is 0 Å².